The Hall–Kier alpha value is -3.38. The van der Waals surface area contributed by atoms with Gasteiger partial charge in [-0.15, -0.1) is 0 Å². The molecule has 0 atom stereocenters. The number of nitrogens with zero attached hydrogens (tertiary/aromatic N) is 1. The first kappa shape index (κ1) is 26.2. The van der Waals surface area contributed by atoms with Crippen LogP contribution in [0.1, 0.15) is 50.7 Å². The Labute approximate surface area is 209 Å². The lowest BCUT2D eigenvalue weighted by Crippen LogP contribution is -2.35. The van der Waals surface area contributed by atoms with Crippen LogP contribution in [0.25, 0.3) is 6.08 Å². The van der Waals surface area contributed by atoms with Crippen molar-refractivity contribution in [2.75, 3.05) is 10.9 Å². The molecule has 0 aromatic heterocycles. The maximum absolute atomic E-state index is 13.5. The normalized spacial score (nSPS) is 11.5. The van der Waals surface area contributed by atoms with Crippen LogP contribution in [0.2, 0.25) is 0 Å². The van der Waals surface area contributed by atoms with Crippen molar-refractivity contribution in [1.29, 1.82) is 0 Å². The number of aryl methyl sites for hydroxylation is 1. The largest absolute Gasteiger partial charge is 0.493 e. The third-order valence-corrected chi connectivity index (χ3v) is 7.29. The van der Waals surface area contributed by atoms with E-state index in [9.17, 15) is 13.2 Å². The molecule has 35 heavy (non-hydrogen) atoms. The van der Waals surface area contributed by atoms with E-state index in [0.29, 0.717) is 23.6 Å². The number of ether oxygens (including phenoxy) is 1. The van der Waals surface area contributed by atoms with Crippen LogP contribution in [0, 0.1) is 0 Å². The molecule has 6 heteroatoms. The highest BCUT2D eigenvalue weighted by molar-refractivity contribution is 7.93. The molecule has 0 N–H and O–H groups in total. The summed E-state index contributed by atoms with van der Waals surface area (Å²) in [6, 6.07) is 22.6. The molecule has 0 bridgehead atoms. The lowest BCUT2D eigenvalue weighted by Gasteiger charge is -2.22. The molecule has 5 nitrogen and oxygen atoms in total. The summed E-state index contributed by atoms with van der Waals surface area (Å²) >= 11 is 0. The third kappa shape index (κ3) is 7.06. The molecule has 0 aliphatic heterocycles. The molecule has 3 aromatic carbocycles. The van der Waals surface area contributed by atoms with Crippen LogP contribution < -0.4 is 9.04 Å². The molecule has 0 unspecified atom stereocenters. The summed E-state index contributed by atoms with van der Waals surface area (Å²) in [5, 5.41) is 0. The minimum Gasteiger partial charge on any atom is -0.493 e. The monoisotopic (exact) mass is 491 g/mol. The Morgan fingerprint density at radius 3 is 2.20 bits per heavy atom. The fraction of sp³-hybridized carbons (Fsp3) is 0.276. The minimum atomic E-state index is -4.11. The van der Waals surface area contributed by atoms with Crippen LogP contribution >= 0.6 is 0 Å². The van der Waals surface area contributed by atoms with Gasteiger partial charge < -0.3 is 4.74 Å². The third-order valence-electron chi connectivity index (χ3n) is 5.55. The zero-order valence-electron chi connectivity index (χ0n) is 20.4. The van der Waals surface area contributed by atoms with Gasteiger partial charge in [0.2, 0.25) is 0 Å². The van der Waals surface area contributed by atoms with Gasteiger partial charge in [0.25, 0.3) is 15.9 Å². The molecule has 0 aliphatic rings. The first-order valence-corrected chi connectivity index (χ1v) is 13.5. The van der Waals surface area contributed by atoms with Gasteiger partial charge in [-0.3, -0.25) is 4.79 Å². The van der Waals surface area contributed by atoms with Gasteiger partial charge in [0.1, 0.15) is 5.75 Å². The van der Waals surface area contributed by atoms with Crippen molar-refractivity contribution < 1.29 is 17.9 Å². The van der Waals surface area contributed by atoms with Crippen LogP contribution in [0.4, 0.5) is 5.69 Å². The number of sulfonamides is 1. The second-order valence-corrected chi connectivity index (χ2v) is 10.1. The number of hydrogen-bond donors (Lipinski definition) is 0. The number of para-hydroxylation sites is 1. The first-order valence-electron chi connectivity index (χ1n) is 12.1. The molecule has 1 amide bonds. The van der Waals surface area contributed by atoms with Gasteiger partial charge in [0.05, 0.1) is 17.2 Å². The zero-order chi connectivity index (χ0) is 25.1. The summed E-state index contributed by atoms with van der Waals surface area (Å²) < 4.78 is 33.8. The van der Waals surface area contributed by atoms with E-state index >= 15 is 0 Å². The van der Waals surface area contributed by atoms with Crippen LogP contribution in [-0.4, -0.2) is 20.9 Å². The smallest absolute Gasteiger partial charge is 0.271 e. The quantitative estimate of drug-likeness (QED) is 0.210. The van der Waals surface area contributed by atoms with Crippen molar-refractivity contribution in [2.45, 2.75) is 50.8 Å². The van der Waals surface area contributed by atoms with Crippen LogP contribution in [-0.2, 0) is 21.2 Å². The van der Waals surface area contributed by atoms with E-state index in [1.165, 1.54) is 18.2 Å². The summed E-state index contributed by atoms with van der Waals surface area (Å²) in [6.45, 7) is 4.79. The van der Waals surface area contributed by atoms with E-state index in [0.717, 1.165) is 42.0 Å². The molecule has 0 radical (unpaired) electrons. The fourth-order valence-corrected chi connectivity index (χ4v) is 4.98. The molecular formula is C29H33NO4S. The minimum absolute atomic E-state index is 0.0557. The standard InChI is InChI=1S/C29H33NO4S/c1-3-5-12-24-17-20-26(21-18-24)30(35(32,33)27-14-8-7-9-15-27)29(31)22-19-25-13-10-11-16-28(25)34-23-6-4-2/h7-11,13-22H,3-6,12,23H2,1-2H3/b22-19+. The Bertz CT molecular complexity index is 1220. The molecule has 0 fully saturated rings. The molecule has 3 rings (SSSR count). The number of rotatable bonds is 12. The summed E-state index contributed by atoms with van der Waals surface area (Å²) in [4.78, 5) is 13.4. The number of hydrogen-bond acceptors (Lipinski definition) is 4. The van der Waals surface area contributed by atoms with Gasteiger partial charge >= 0.3 is 0 Å². The molecule has 0 heterocycles. The molecule has 184 valence electrons. The number of unbranched alkanes of at least 4 members (excludes halogenated alkanes) is 2. The van der Waals surface area contributed by atoms with E-state index in [1.54, 1.807) is 36.4 Å². The second-order valence-electron chi connectivity index (χ2n) is 8.26. The van der Waals surface area contributed by atoms with E-state index < -0.39 is 15.9 Å². The molecule has 0 spiro atoms. The van der Waals surface area contributed by atoms with Crippen molar-refractivity contribution in [3.05, 3.63) is 96.1 Å². The maximum Gasteiger partial charge on any atom is 0.271 e. The second kappa shape index (κ2) is 12.9. The van der Waals surface area contributed by atoms with E-state index in [2.05, 4.69) is 13.8 Å². The highest BCUT2D eigenvalue weighted by Crippen LogP contribution is 2.26. The summed E-state index contributed by atoms with van der Waals surface area (Å²) in [7, 11) is -4.11. The molecule has 0 saturated carbocycles. The SMILES string of the molecule is CCCCOc1ccccc1/C=C/C(=O)N(c1ccc(CCCC)cc1)S(=O)(=O)c1ccccc1. The predicted octanol–water partition coefficient (Wildman–Crippen LogP) is 6.64. The summed E-state index contributed by atoms with van der Waals surface area (Å²) in [5.41, 5.74) is 2.12. The van der Waals surface area contributed by atoms with Crippen molar-refractivity contribution in [3.8, 4) is 5.75 Å². The van der Waals surface area contributed by atoms with Gasteiger partial charge in [0, 0.05) is 11.6 Å². The highest BCUT2D eigenvalue weighted by Gasteiger charge is 2.29. The van der Waals surface area contributed by atoms with Crippen molar-refractivity contribution in [2.24, 2.45) is 0 Å². The lowest BCUT2D eigenvalue weighted by molar-refractivity contribution is -0.113. The first-order chi connectivity index (χ1) is 17.0. The Morgan fingerprint density at radius 1 is 0.857 bits per heavy atom. The Morgan fingerprint density at radius 2 is 1.51 bits per heavy atom. The average molecular weight is 492 g/mol. The van der Waals surface area contributed by atoms with E-state index in [1.807, 2.05) is 36.4 Å². The molecule has 0 aliphatic carbocycles. The van der Waals surface area contributed by atoms with Gasteiger partial charge in [-0.1, -0.05) is 75.2 Å². The van der Waals surface area contributed by atoms with E-state index in [-0.39, 0.29) is 4.90 Å². The number of amides is 1. The number of carbonyl (C=O) groups is 1. The van der Waals surface area contributed by atoms with Crippen molar-refractivity contribution in [1.82, 2.24) is 0 Å². The van der Waals surface area contributed by atoms with Crippen LogP contribution in [0.5, 0.6) is 5.75 Å². The van der Waals surface area contributed by atoms with E-state index in [4.69, 9.17) is 4.74 Å². The van der Waals surface area contributed by atoms with Gasteiger partial charge in [-0.2, -0.15) is 4.31 Å². The van der Waals surface area contributed by atoms with Crippen LogP contribution in [0.3, 0.4) is 0 Å². The predicted molar refractivity (Wildman–Crippen MR) is 142 cm³/mol. The Balaban J connectivity index is 1.95. The van der Waals surface area contributed by atoms with Gasteiger partial charge in [-0.25, -0.2) is 8.42 Å². The topological polar surface area (TPSA) is 63.7 Å². The molecule has 3 aromatic rings. The van der Waals surface area contributed by atoms with Crippen molar-refractivity contribution >= 4 is 27.7 Å². The maximum atomic E-state index is 13.5. The molecular weight excluding hydrogens is 458 g/mol. The van der Waals surface area contributed by atoms with Gasteiger partial charge in [0.15, 0.2) is 0 Å². The number of anilines is 1. The number of benzene rings is 3. The summed E-state index contributed by atoms with van der Waals surface area (Å²) in [6.07, 6.45) is 7.86. The Kier molecular flexibility index (Phi) is 9.67. The van der Waals surface area contributed by atoms with Crippen molar-refractivity contribution in [3.63, 3.8) is 0 Å². The average Bonchev–Trinajstić information content (AvgIpc) is 2.88. The number of carbonyl (C=O) groups excluding carboxylic acids is 1. The fourth-order valence-electron chi connectivity index (χ4n) is 3.57. The molecule has 0 saturated heterocycles. The zero-order valence-corrected chi connectivity index (χ0v) is 21.2. The van der Waals surface area contributed by atoms with Crippen LogP contribution in [0.15, 0.2) is 89.8 Å². The summed E-state index contributed by atoms with van der Waals surface area (Å²) in [5.74, 6) is 0.00117. The van der Waals surface area contributed by atoms with Gasteiger partial charge in [-0.05, 0) is 61.2 Å². The highest BCUT2D eigenvalue weighted by atomic mass is 32.2. The lowest BCUT2D eigenvalue weighted by atomic mass is 10.1.